The van der Waals surface area contributed by atoms with Crippen LogP contribution in [0.4, 0.5) is 0 Å². The van der Waals surface area contributed by atoms with Crippen LogP contribution in [0.1, 0.15) is 0 Å². The number of ether oxygens (including phenoxy) is 1. The van der Waals surface area contributed by atoms with Crippen molar-refractivity contribution in [3.8, 4) is 5.75 Å². The molecule has 0 saturated carbocycles. The van der Waals surface area contributed by atoms with E-state index in [-0.39, 0.29) is 6.23 Å². The summed E-state index contributed by atoms with van der Waals surface area (Å²) in [6.07, 6.45) is -0.0658. The SMILES string of the molecule is CN1CC[N-]C(Oc2ccccc2)CN(C)CC1.[Cl][Ti+]([Cl])[Cl]. The molecule has 1 fully saturated rings. The van der Waals surface area contributed by atoms with E-state index in [0.29, 0.717) is 0 Å². The first-order chi connectivity index (χ1) is 10.5. The Labute approximate surface area is 151 Å². The first-order valence-electron chi connectivity index (χ1n) is 7.06. The molecule has 1 saturated heterocycles. The van der Waals surface area contributed by atoms with Crippen LogP contribution >= 0.6 is 27.9 Å². The average Bonchev–Trinajstić information content (AvgIpc) is 2.52. The van der Waals surface area contributed by atoms with Gasteiger partial charge in [-0.25, -0.2) is 0 Å². The number of halogens is 3. The molecule has 22 heavy (non-hydrogen) atoms. The van der Waals surface area contributed by atoms with Crippen LogP contribution in [0, 0.1) is 0 Å². The van der Waals surface area contributed by atoms with E-state index >= 15 is 0 Å². The molecule has 8 heteroatoms. The van der Waals surface area contributed by atoms with Crippen molar-refractivity contribution in [1.82, 2.24) is 9.80 Å². The van der Waals surface area contributed by atoms with E-state index in [9.17, 15) is 0 Å². The minimum atomic E-state index is -1.92. The first kappa shape index (κ1) is 20.5. The van der Waals surface area contributed by atoms with E-state index in [1.165, 1.54) is 0 Å². The zero-order valence-corrected chi connectivity index (χ0v) is 16.7. The molecule has 1 unspecified atom stereocenters. The van der Waals surface area contributed by atoms with E-state index in [4.69, 9.17) is 32.7 Å². The summed E-state index contributed by atoms with van der Waals surface area (Å²) in [5.74, 6) is 0.896. The van der Waals surface area contributed by atoms with Gasteiger partial charge in [-0.3, -0.25) is 0 Å². The normalized spacial score (nSPS) is 20.9. The van der Waals surface area contributed by atoms with Crippen molar-refractivity contribution < 1.29 is 19.4 Å². The number of hydrogen-bond acceptors (Lipinski definition) is 3. The van der Waals surface area contributed by atoms with Gasteiger partial charge in [0.1, 0.15) is 5.75 Å². The Morgan fingerprint density at radius 3 is 2.27 bits per heavy atom. The molecule has 0 spiro atoms. The maximum absolute atomic E-state index is 5.93. The number of benzene rings is 1. The predicted octanol–water partition coefficient (Wildman–Crippen LogP) is 3.71. The van der Waals surface area contributed by atoms with Crippen LogP contribution in [0.15, 0.2) is 30.3 Å². The molecule has 0 amide bonds. The summed E-state index contributed by atoms with van der Waals surface area (Å²) in [5, 5.41) is 4.63. The molecule has 0 N–H and O–H groups in total. The second-order valence-corrected chi connectivity index (χ2v) is 12.8. The van der Waals surface area contributed by atoms with E-state index in [1.807, 2.05) is 30.3 Å². The van der Waals surface area contributed by atoms with Gasteiger partial charge in [-0.15, -0.1) is 6.54 Å². The van der Waals surface area contributed by atoms with Crippen LogP contribution in [-0.2, 0) is 14.7 Å². The minimum absolute atomic E-state index is 0.0658. The topological polar surface area (TPSA) is 29.8 Å². The third-order valence-corrected chi connectivity index (χ3v) is 3.16. The van der Waals surface area contributed by atoms with Gasteiger partial charge in [0, 0.05) is 25.9 Å². The van der Waals surface area contributed by atoms with Crippen molar-refractivity contribution in [3.63, 3.8) is 0 Å². The van der Waals surface area contributed by atoms with Crippen LogP contribution in [0.2, 0.25) is 0 Å². The quantitative estimate of drug-likeness (QED) is 0.707. The number of para-hydroxylation sites is 1. The molecule has 1 heterocycles. The Balaban J connectivity index is 0.000000541. The molecule has 1 aliphatic heterocycles. The van der Waals surface area contributed by atoms with Gasteiger partial charge >= 0.3 is 42.6 Å². The fourth-order valence-electron chi connectivity index (χ4n) is 1.97. The molecule has 0 radical (unpaired) electrons. The third kappa shape index (κ3) is 10.3. The van der Waals surface area contributed by atoms with Crippen molar-refractivity contribution in [2.45, 2.75) is 6.23 Å². The summed E-state index contributed by atoms with van der Waals surface area (Å²) in [4.78, 5) is 4.59. The summed E-state index contributed by atoms with van der Waals surface area (Å²) >= 11 is -1.92. The second-order valence-electron chi connectivity index (χ2n) is 5.07. The van der Waals surface area contributed by atoms with Gasteiger partial charge in [0.15, 0.2) is 0 Å². The Morgan fingerprint density at radius 2 is 1.64 bits per heavy atom. The third-order valence-electron chi connectivity index (χ3n) is 3.16. The molecular weight excluding hydrogens is 380 g/mol. The van der Waals surface area contributed by atoms with Crippen molar-refractivity contribution in [2.75, 3.05) is 46.8 Å². The van der Waals surface area contributed by atoms with Crippen LogP contribution < -0.4 is 4.74 Å². The molecule has 2 rings (SSSR count). The molecule has 0 aliphatic carbocycles. The Hall–Kier alpha value is 0.484. The number of hydrogen-bond donors (Lipinski definition) is 0. The van der Waals surface area contributed by atoms with Gasteiger partial charge in [0.25, 0.3) is 0 Å². The summed E-state index contributed by atoms with van der Waals surface area (Å²) in [7, 11) is 19.2. The van der Waals surface area contributed by atoms with E-state index in [1.54, 1.807) is 0 Å². The molecule has 0 aromatic heterocycles. The monoisotopic (exact) mass is 401 g/mol. The second kappa shape index (κ2) is 11.9. The zero-order chi connectivity index (χ0) is 16.4. The number of rotatable bonds is 2. The first-order valence-corrected chi connectivity index (χ1v) is 13.5. The fraction of sp³-hybridized carbons (Fsp3) is 0.571. The van der Waals surface area contributed by atoms with Gasteiger partial charge in [-0.05, 0) is 32.8 Å². The van der Waals surface area contributed by atoms with Gasteiger partial charge in [-0.2, -0.15) is 0 Å². The van der Waals surface area contributed by atoms with Crippen molar-refractivity contribution in [3.05, 3.63) is 35.6 Å². The molecule has 1 aliphatic rings. The van der Waals surface area contributed by atoms with Crippen molar-refractivity contribution >= 4 is 27.9 Å². The molecule has 124 valence electrons. The molecule has 4 nitrogen and oxygen atoms in total. The summed E-state index contributed by atoms with van der Waals surface area (Å²) in [6, 6.07) is 9.93. The van der Waals surface area contributed by atoms with E-state index < -0.39 is 14.7 Å². The predicted molar refractivity (Wildman–Crippen MR) is 91.6 cm³/mol. The standard InChI is InChI=1S/C14H22N3O.3ClH.Ti/c1-16-9-8-15-14(12-17(2)11-10-16)18-13-6-4-3-5-7-13;;;;/h3-7,14H,8-12H2,1-2H3;3*1H;/q-1;;;;+4/p-3. The van der Waals surface area contributed by atoms with Crippen molar-refractivity contribution in [1.29, 1.82) is 0 Å². The van der Waals surface area contributed by atoms with E-state index in [2.05, 4.69) is 29.2 Å². The Morgan fingerprint density at radius 1 is 1.05 bits per heavy atom. The van der Waals surface area contributed by atoms with Crippen LogP contribution in [-0.4, -0.2) is 62.8 Å². The van der Waals surface area contributed by atoms with Crippen LogP contribution in [0.3, 0.4) is 0 Å². The van der Waals surface area contributed by atoms with Gasteiger partial charge in [0.05, 0.1) is 0 Å². The Kier molecular flexibility index (Phi) is 11.1. The van der Waals surface area contributed by atoms with Crippen LogP contribution in [0.5, 0.6) is 5.75 Å². The van der Waals surface area contributed by atoms with Gasteiger partial charge in [-0.1, -0.05) is 18.2 Å². The number of likely N-dealkylation sites (N-methyl/N-ethyl adjacent to an activating group) is 2. The summed E-state index contributed by atoms with van der Waals surface area (Å²) in [5.41, 5.74) is 0. The molecule has 1 atom stereocenters. The van der Waals surface area contributed by atoms with Crippen molar-refractivity contribution in [2.24, 2.45) is 0 Å². The van der Waals surface area contributed by atoms with E-state index in [0.717, 1.165) is 38.5 Å². The summed E-state index contributed by atoms with van der Waals surface area (Å²) in [6.45, 7) is 4.83. The molecular formula is C14H22Cl3N3OTi. The Bertz CT molecular complexity index is 397. The molecule has 1 aromatic carbocycles. The summed E-state index contributed by atoms with van der Waals surface area (Å²) < 4.78 is 5.93. The number of nitrogens with zero attached hydrogens (tertiary/aromatic N) is 3. The fourth-order valence-corrected chi connectivity index (χ4v) is 1.97. The van der Waals surface area contributed by atoms with Gasteiger partial charge in [0.2, 0.25) is 0 Å². The van der Waals surface area contributed by atoms with Gasteiger partial charge < -0.3 is 19.9 Å². The van der Waals surface area contributed by atoms with Crippen LogP contribution in [0.25, 0.3) is 5.32 Å². The molecule has 0 bridgehead atoms. The molecule has 1 aromatic rings. The maximum atomic E-state index is 5.93. The average molecular weight is 403 g/mol. The zero-order valence-electron chi connectivity index (χ0n) is 12.9.